The summed E-state index contributed by atoms with van der Waals surface area (Å²) in [6.45, 7) is 8.19. The zero-order valence-electron chi connectivity index (χ0n) is 23.0. The Morgan fingerprint density at radius 1 is 0.846 bits per heavy atom. The summed E-state index contributed by atoms with van der Waals surface area (Å²) in [6.07, 6.45) is -1.67. The van der Waals surface area contributed by atoms with Crippen LogP contribution in [-0.4, -0.2) is 129 Å². The quantitative estimate of drug-likeness (QED) is 0.448. The molecule has 1 N–H and O–H groups in total. The van der Waals surface area contributed by atoms with Gasteiger partial charge in [0.1, 0.15) is 0 Å². The number of ether oxygens (including phenoxy) is 2. The summed E-state index contributed by atoms with van der Waals surface area (Å²) >= 11 is 0. The second-order valence-corrected chi connectivity index (χ2v) is 9.71. The molecule has 2 aromatic heterocycles. The second kappa shape index (κ2) is 12.1. The molecule has 2 aromatic rings. The van der Waals surface area contributed by atoms with Gasteiger partial charge in [-0.05, 0) is 13.8 Å². The van der Waals surface area contributed by atoms with Gasteiger partial charge in [-0.25, -0.2) is 14.4 Å². The molecule has 0 bridgehead atoms. The van der Waals surface area contributed by atoms with Gasteiger partial charge in [-0.15, -0.1) is 0 Å². The molecule has 0 spiro atoms. The van der Waals surface area contributed by atoms with Crippen LogP contribution in [0.3, 0.4) is 0 Å². The zero-order valence-corrected chi connectivity index (χ0v) is 23.0. The highest BCUT2D eigenvalue weighted by Gasteiger charge is 2.28. The topological polar surface area (TPSA) is 148 Å². The molecular formula is C24H38N8O7. The number of piperazine rings is 2. The second-order valence-electron chi connectivity index (χ2n) is 9.71. The van der Waals surface area contributed by atoms with E-state index in [0.29, 0.717) is 71.5 Å². The SMILES string of the molecule is CCOC(=O)N1CCN(C[C@H](O)Cn2c(=O)c3c(nc(N4CCN(C(=O)OCC)CC4)n3C)n(C)c2=O)CC1. The Morgan fingerprint density at radius 3 is 1.92 bits per heavy atom. The van der Waals surface area contributed by atoms with Crippen molar-refractivity contribution in [2.45, 2.75) is 26.5 Å². The molecule has 2 fully saturated rings. The third-order valence-corrected chi connectivity index (χ3v) is 7.19. The first-order chi connectivity index (χ1) is 18.7. The summed E-state index contributed by atoms with van der Waals surface area (Å²) in [4.78, 5) is 62.3. The van der Waals surface area contributed by atoms with E-state index in [1.54, 1.807) is 42.3 Å². The van der Waals surface area contributed by atoms with Crippen molar-refractivity contribution in [1.82, 2.24) is 33.4 Å². The summed E-state index contributed by atoms with van der Waals surface area (Å²) in [5, 5.41) is 10.8. The van der Waals surface area contributed by atoms with Crippen molar-refractivity contribution in [3.8, 4) is 0 Å². The minimum Gasteiger partial charge on any atom is -0.450 e. The molecule has 0 aliphatic carbocycles. The number of fused-ring (bicyclic) bond motifs is 1. The molecule has 2 aliphatic rings. The van der Waals surface area contributed by atoms with Crippen LogP contribution in [0.1, 0.15) is 13.8 Å². The van der Waals surface area contributed by atoms with E-state index in [1.807, 2.05) is 9.80 Å². The standard InChI is InChI=1S/C24H38N8O7/c1-5-38-23(36)30-9-7-28(8-10-30)15-17(33)16-32-20(34)18-19(27(4)22(32)35)25-21(26(18)3)29-11-13-31(14-12-29)24(37)39-6-2/h17,33H,5-16H2,1-4H3/t17-/m0/s1. The van der Waals surface area contributed by atoms with E-state index in [9.17, 15) is 24.3 Å². The monoisotopic (exact) mass is 550 g/mol. The first-order valence-electron chi connectivity index (χ1n) is 13.3. The molecule has 0 saturated carbocycles. The number of aliphatic hydroxyl groups excluding tert-OH is 1. The number of amides is 2. The van der Waals surface area contributed by atoms with E-state index in [-0.39, 0.29) is 36.4 Å². The van der Waals surface area contributed by atoms with Crippen LogP contribution < -0.4 is 16.1 Å². The van der Waals surface area contributed by atoms with Crippen LogP contribution in [0, 0.1) is 0 Å². The molecule has 2 aliphatic heterocycles. The summed E-state index contributed by atoms with van der Waals surface area (Å²) < 4.78 is 14.1. The van der Waals surface area contributed by atoms with Gasteiger partial charge in [0, 0.05) is 73.0 Å². The summed E-state index contributed by atoms with van der Waals surface area (Å²) in [6, 6.07) is 0. The lowest BCUT2D eigenvalue weighted by Gasteiger charge is -2.34. The molecule has 15 nitrogen and oxygen atoms in total. The van der Waals surface area contributed by atoms with Gasteiger partial charge in [0.2, 0.25) is 5.95 Å². The maximum Gasteiger partial charge on any atom is 0.409 e. The third-order valence-electron chi connectivity index (χ3n) is 7.19. The van der Waals surface area contributed by atoms with E-state index in [4.69, 9.17) is 9.47 Å². The molecule has 0 aromatic carbocycles. The van der Waals surface area contributed by atoms with Crippen LogP contribution >= 0.6 is 0 Å². The number of nitrogens with zero attached hydrogens (tertiary/aromatic N) is 8. The van der Waals surface area contributed by atoms with Crippen LogP contribution in [0.15, 0.2) is 9.59 Å². The van der Waals surface area contributed by atoms with E-state index >= 15 is 0 Å². The third kappa shape index (κ3) is 5.88. The Balaban J connectivity index is 1.47. The number of hydrogen-bond donors (Lipinski definition) is 1. The molecule has 15 heteroatoms. The molecule has 2 amide bonds. The van der Waals surface area contributed by atoms with Crippen molar-refractivity contribution < 1.29 is 24.2 Å². The minimum atomic E-state index is -0.967. The Bertz CT molecular complexity index is 1300. The Kier molecular flexibility index (Phi) is 8.80. The number of hydrogen-bond acceptors (Lipinski definition) is 10. The van der Waals surface area contributed by atoms with E-state index in [2.05, 4.69) is 4.98 Å². The first-order valence-corrected chi connectivity index (χ1v) is 13.3. The van der Waals surface area contributed by atoms with Crippen molar-refractivity contribution in [2.24, 2.45) is 14.1 Å². The van der Waals surface area contributed by atoms with E-state index in [0.717, 1.165) is 4.57 Å². The first kappa shape index (κ1) is 28.4. The largest absolute Gasteiger partial charge is 0.450 e. The number of anilines is 1. The highest BCUT2D eigenvalue weighted by atomic mass is 16.6. The highest BCUT2D eigenvalue weighted by Crippen LogP contribution is 2.19. The van der Waals surface area contributed by atoms with Gasteiger partial charge in [-0.1, -0.05) is 0 Å². The van der Waals surface area contributed by atoms with Gasteiger partial charge in [-0.3, -0.25) is 18.8 Å². The number of aliphatic hydroxyl groups is 1. The fourth-order valence-corrected chi connectivity index (χ4v) is 5.07. The Morgan fingerprint density at radius 2 is 1.38 bits per heavy atom. The predicted molar refractivity (Wildman–Crippen MR) is 142 cm³/mol. The number of aromatic nitrogens is 4. The van der Waals surface area contributed by atoms with Crippen molar-refractivity contribution in [3.05, 3.63) is 20.8 Å². The van der Waals surface area contributed by atoms with Crippen molar-refractivity contribution in [2.75, 3.05) is 77.0 Å². The van der Waals surface area contributed by atoms with Crippen LogP contribution in [-0.2, 0) is 30.1 Å². The molecule has 4 rings (SSSR count). The van der Waals surface area contributed by atoms with Gasteiger partial charge in [0.05, 0.1) is 25.9 Å². The van der Waals surface area contributed by atoms with Crippen LogP contribution in [0.2, 0.25) is 0 Å². The van der Waals surface area contributed by atoms with Crippen LogP contribution in [0.4, 0.5) is 15.5 Å². The van der Waals surface area contributed by atoms with Crippen molar-refractivity contribution >= 4 is 29.3 Å². The lowest BCUT2D eigenvalue weighted by Crippen LogP contribution is -2.51. The number of imidazole rings is 1. The molecule has 2 saturated heterocycles. The van der Waals surface area contributed by atoms with Gasteiger partial charge >= 0.3 is 17.9 Å². The van der Waals surface area contributed by atoms with Crippen LogP contribution in [0.5, 0.6) is 0 Å². The average Bonchev–Trinajstić information content (AvgIpc) is 3.28. The summed E-state index contributed by atoms with van der Waals surface area (Å²) in [7, 11) is 3.27. The van der Waals surface area contributed by atoms with E-state index < -0.39 is 17.4 Å². The zero-order chi connectivity index (χ0) is 28.3. The highest BCUT2D eigenvalue weighted by molar-refractivity contribution is 5.74. The molecule has 216 valence electrons. The van der Waals surface area contributed by atoms with Crippen LogP contribution in [0.25, 0.3) is 11.2 Å². The molecule has 0 unspecified atom stereocenters. The maximum absolute atomic E-state index is 13.5. The van der Waals surface area contributed by atoms with Crippen molar-refractivity contribution in [3.63, 3.8) is 0 Å². The predicted octanol–water partition coefficient (Wildman–Crippen LogP) is -1.15. The number of rotatable bonds is 7. The number of β-amino-alcohol motifs (C(OH)–C–C–N with tert-alkyl or cyclic N) is 1. The van der Waals surface area contributed by atoms with Gasteiger partial charge in [0.15, 0.2) is 11.2 Å². The number of carbonyl (C=O) groups excluding carboxylic acids is 2. The van der Waals surface area contributed by atoms with Crippen molar-refractivity contribution in [1.29, 1.82) is 0 Å². The van der Waals surface area contributed by atoms with Gasteiger partial charge in [-0.2, -0.15) is 4.98 Å². The average molecular weight is 551 g/mol. The van der Waals surface area contributed by atoms with Gasteiger partial charge < -0.3 is 33.8 Å². The number of carbonyl (C=O) groups is 2. The fourth-order valence-electron chi connectivity index (χ4n) is 5.07. The van der Waals surface area contributed by atoms with Gasteiger partial charge in [0.25, 0.3) is 5.56 Å². The summed E-state index contributed by atoms with van der Waals surface area (Å²) in [5.74, 6) is 0.526. The minimum absolute atomic E-state index is 0.168. The smallest absolute Gasteiger partial charge is 0.409 e. The fraction of sp³-hybridized carbons (Fsp3) is 0.708. The van der Waals surface area contributed by atoms with E-state index in [1.165, 1.54) is 4.57 Å². The Labute approximate surface area is 225 Å². The Hall–Kier alpha value is -3.59. The molecule has 4 heterocycles. The molecule has 39 heavy (non-hydrogen) atoms. The lowest BCUT2D eigenvalue weighted by molar-refractivity contribution is 0.0525. The summed E-state index contributed by atoms with van der Waals surface area (Å²) in [5.41, 5.74) is -0.563. The normalized spacial score (nSPS) is 17.5. The number of aryl methyl sites for hydroxylation is 2. The molecule has 0 radical (unpaired) electrons. The maximum atomic E-state index is 13.5. The molecular weight excluding hydrogens is 512 g/mol. The lowest BCUT2D eigenvalue weighted by atomic mass is 10.2. The molecule has 1 atom stereocenters.